The fourth-order valence-electron chi connectivity index (χ4n) is 4.61. The smallest absolute Gasteiger partial charge is 0.323 e. The summed E-state index contributed by atoms with van der Waals surface area (Å²) in [6.07, 6.45) is 0.588. The summed E-state index contributed by atoms with van der Waals surface area (Å²) in [6, 6.07) is 6.62. The maximum Gasteiger partial charge on any atom is 0.323 e. The summed E-state index contributed by atoms with van der Waals surface area (Å²) >= 11 is 0. The lowest BCUT2D eigenvalue weighted by Gasteiger charge is -2.35. The van der Waals surface area contributed by atoms with Crippen molar-refractivity contribution in [1.29, 1.82) is 0 Å². The highest BCUT2D eigenvalue weighted by atomic mass is 16.5. The molecule has 0 aromatic heterocycles. The van der Waals surface area contributed by atoms with Gasteiger partial charge in [-0.15, -0.1) is 0 Å². The van der Waals surface area contributed by atoms with Gasteiger partial charge >= 0.3 is 23.9 Å². The van der Waals surface area contributed by atoms with Gasteiger partial charge in [0.25, 0.3) is 0 Å². The second-order valence-corrected chi connectivity index (χ2v) is 9.98. The van der Waals surface area contributed by atoms with Gasteiger partial charge in [0, 0.05) is 52.4 Å². The molecule has 1 heterocycles. The number of hydrogen-bond donors (Lipinski definition) is 3. The van der Waals surface area contributed by atoms with E-state index >= 15 is 0 Å². The minimum atomic E-state index is -1.07. The van der Waals surface area contributed by atoms with Gasteiger partial charge in [-0.3, -0.25) is 38.8 Å². The Hall–Kier alpha value is -3.30. The Morgan fingerprint density at radius 3 is 1.74 bits per heavy atom. The van der Waals surface area contributed by atoms with Gasteiger partial charge in [-0.1, -0.05) is 12.1 Å². The summed E-state index contributed by atoms with van der Waals surface area (Å²) in [6.45, 7) is 4.48. The van der Waals surface area contributed by atoms with Gasteiger partial charge < -0.3 is 29.5 Å². The van der Waals surface area contributed by atoms with Gasteiger partial charge in [-0.05, 0) is 31.0 Å². The van der Waals surface area contributed by atoms with Gasteiger partial charge in [-0.2, -0.15) is 0 Å². The molecular weight excluding hydrogens is 552 g/mol. The van der Waals surface area contributed by atoms with Crippen LogP contribution in [-0.4, -0.2) is 164 Å². The number of esters is 1. The molecule has 1 aliphatic rings. The van der Waals surface area contributed by atoms with Gasteiger partial charge in [-0.25, -0.2) is 0 Å². The third kappa shape index (κ3) is 13.6. The molecule has 0 saturated carbocycles. The van der Waals surface area contributed by atoms with E-state index in [2.05, 4.69) is 0 Å². The second kappa shape index (κ2) is 19.0. The van der Waals surface area contributed by atoms with E-state index in [1.54, 1.807) is 19.6 Å². The SMILES string of the molecule is CCOc1ccc(CCOCC(C(=O)O)N2CCN(CC(=O)O)CCN(CC(=O)O)CCN(CC(=O)OC)CC2)cc1. The van der Waals surface area contributed by atoms with Crippen molar-refractivity contribution in [2.24, 2.45) is 0 Å². The van der Waals surface area contributed by atoms with E-state index in [1.807, 2.05) is 31.2 Å². The Labute approximate surface area is 246 Å². The van der Waals surface area contributed by atoms with Crippen molar-refractivity contribution in [1.82, 2.24) is 19.6 Å². The summed E-state index contributed by atoms with van der Waals surface area (Å²) in [5.41, 5.74) is 1.02. The first-order valence-electron chi connectivity index (χ1n) is 14.0. The van der Waals surface area contributed by atoms with Crippen molar-refractivity contribution < 1.29 is 48.7 Å². The molecule has 1 atom stereocenters. The molecule has 14 heteroatoms. The first-order chi connectivity index (χ1) is 20.1. The van der Waals surface area contributed by atoms with Gasteiger partial charge in [0.1, 0.15) is 11.8 Å². The molecule has 0 amide bonds. The van der Waals surface area contributed by atoms with E-state index in [0.29, 0.717) is 45.8 Å². The van der Waals surface area contributed by atoms with Crippen LogP contribution in [0.25, 0.3) is 0 Å². The van der Waals surface area contributed by atoms with E-state index in [-0.39, 0.29) is 52.4 Å². The fourth-order valence-corrected chi connectivity index (χ4v) is 4.61. The molecule has 0 spiro atoms. The largest absolute Gasteiger partial charge is 0.494 e. The van der Waals surface area contributed by atoms with E-state index in [4.69, 9.17) is 14.2 Å². The fraction of sp³-hybridized carbons (Fsp3) is 0.643. The zero-order chi connectivity index (χ0) is 30.9. The Bertz CT molecular complexity index is 993. The molecule has 1 fully saturated rings. The highest BCUT2D eigenvalue weighted by molar-refractivity contribution is 5.73. The van der Waals surface area contributed by atoms with Crippen LogP contribution < -0.4 is 4.74 Å². The first-order valence-corrected chi connectivity index (χ1v) is 14.0. The number of methoxy groups -OCH3 is 1. The van der Waals surface area contributed by atoms with Crippen LogP contribution in [0, 0.1) is 0 Å². The molecule has 1 aromatic rings. The zero-order valence-corrected chi connectivity index (χ0v) is 24.5. The predicted octanol–water partition coefficient (Wildman–Crippen LogP) is -0.339. The molecule has 3 N–H and O–H groups in total. The summed E-state index contributed by atoms with van der Waals surface area (Å²) in [7, 11) is 1.28. The molecule has 2 rings (SSSR count). The number of hydrogen-bond acceptors (Lipinski definition) is 11. The van der Waals surface area contributed by atoms with Crippen molar-refractivity contribution in [3.8, 4) is 5.75 Å². The number of benzene rings is 1. The number of carbonyl (C=O) groups is 4. The number of nitrogens with zero attached hydrogens (tertiary/aromatic N) is 4. The third-order valence-electron chi connectivity index (χ3n) is 6.94. The van der Waals surface area contributed by atoms with Crippen molar-refractivity contribution in [3.05, 3.63) is 29.8 Å². The third-order valence-corrected chi connectivity index (χ3v) is 6.94. The lowest BCUT2D eigenvalue weighted by Crippen LogP contribution is -2.53. The van der Waals surface area contributed by atoms with Crippen LogP contribution in [0.15, 0.2) is 24.3 Å². The first kappa shape index (κ1) is 34.9. The number of carboxylic acids is 3. The lowest BCUT2D eigenvalue weighted by atomic mass is 10.1. The molecule has 0 bridgehead atoms. The summed E-state index contributed by atoms with van der Waals surface area (Å²) in [5, 5.41) is 28.8. The van der Waals surface area contributed by atoms with E-state index in [9.17, 15) is 34.5 Å². The molecule has 0 aliphatic carbocycles. The monoisotopic (exact) mass is 596 g/mol. The number of carboxylic acid groups (broad SMARTS) is 3. The number of rotatable bonds is 15. The van der Waals surface area contributed by atoms with Crippen LogP contribution in [0.5, 0.6) is 5.75 Å². The Kier molecular flexibility index (Phi) is 15.8. The van der Waals surface area contributed by atoms with Crippen LogP contribution in [0.1, 0.15) is 12.5 Å². The number of aliphatic carboxylic acids is 3. The summed E-state index contributed by atoms with van der Waals surface area (Å²) < 4.78 is 16.1. The number of carbonyl (C=O) groups excluding carboxylic acids is 1. The summed E-state index contributed by atoms with van der Waals surface area (Å²) in [4.78, 5) is 54.2. The Morgan fingerprint density at radius 1 is 0.786 bits per heavy atom. The molecule has 1 aliphatic heterocycles. The quantitative estimate of drug-likeness (QED) is 0.178. The van der Waals surface area contributed by atoms with Crippen molar-refractivity contribution >= 4 is 23.9 Å². The van der Waals surface area contributed by atoms with E-state index in [1.165, 1.54) is 7.11 Å². The van der Waals surface area contributed by atoms with Crippen molar-refractivity contribution in [3.63, 3.8) is 0 Å². The van der Waals surface area contributed by atoms with Crippen LogP contribution in [0.4, 0.5) is 0 Å². The number of ether oxygens (including phenoxy) is 3. The van der Waals surface area contributed by atoms with Crippen molar-refractivity contribution in [2.45, 2.75) is 19.4 Å². The van der Waals surface area contributed by atoms with Crippen LogP contribution in [-0.2, 0) is 35.1 Å². The standard InChI is InChI=1S/C28H44N4O10/c1-3-42-23-6-4-22(5-7-23)8-17-41-21-24(28(38)39)32-15-13-30(19-26(35)36)10-9-29(18-25(33)34)11-12-31(14-16-32)20-27(37)40-2/h4-7,24H,3,8-21H2,1-2H3,(H,33,34)(H,35,36)(H,38,39). The average molecular weight is 597 g/mol. The normalized spacial score (nSPS) is 17.5. The average Bonchev–Trinajstić information content (AvgIpc) is 2.93. The summed E-state index contributed by atoms with van der Waals surface area (Å²) in [5.74, 6) is -2.80. The maximum atomic E-state index is 12.4. The Balaban J connectivity index is 2.13. The second-order valence-electron chi connectivity index (χ2n) is 9.98. The van der Waals surface area contributed by atoms with Crippen LogP contribution >= 0.6 is 0 Å². The minimum Gasteiger partial charge on any atom is -0.494 e. The molecule has 0 radical (unpaired) electrons. The van der Waals surface area contributed by atoms with E-state index in [0.717, 1.165) is 11.3 Å². The highest BCUT2D eigenvalue weighted by Crippen LogP contribution is 2.13. The predicted molar refractivity (Wildman–Crippen MR) is 152 cm³/mol. The van der Waals surface area contributed by atoms with Crippen molar-refractivity contribution in [2.75, 3.05) is 98.9 Å². The van der Waals surface area contributed by atoms with Crippen LogP contribution in [0.2, 0.25) is 0 Å². The molecule has 1 aromatic carbocycles. The zero-order valence-electron chi connectivity index (χ0n) is 24.5. The highest BCUT2D eigenvalue weighted by Gasteiger charge is 2.28. The van der Waals surface area contributed by atoms with Gasteiger partial charge in [0.15, 0.2) is 0 Å². The van der Waals surface area contributed by atoms with Crippen LogP contribution in [0.3, 0.4) is 0 Å². The lowest BCUT2D eigenvalue weighted by molar-refractivity contribution is -0.147. The van der Waals surface area contributed by atoms with Gasteiger partial charge in [0.2, 0.25) is 0 Å². The maximum absolute atomic E-state index is 12.4. The Morgan fingerprint density at radius 2 is 1.29 bits per heavy atom. The molecule has 236 valence electrons. The molecule has 1 unspecified atom stereocenters. The topological polar surface area (TPSA) is 170 Å². The van der Waals surface area contributed by atoms with E-state index < -0.39 is 29.9 Å². The molecule has 14 nitrogen and oxygen atoms in total. The molecule has 42 heavy (non-hydrogen) atoms. The van der Waals surface area contributed by atoms with Gasteiger partial charge in [0.05, 0.1) is 46.6 Å². The minimum absolute atomic E-state index is 0.0350. The molecule has 1 saturated heterocycles. The molecular formula is C28H44N4O10.